The summed E-state index contributed by atoms with van der Waals surface area (Å²) in [6.07, 6.45) is 54.8. The molecule has 350 valence electrons. The number of likely N-dealkylation sites (N-methyl/N-ethyl adjacent to an activating group) is 1. The van der Waals surface area contributed by atoms with Gasteiger partial charge >= 0.3 is 19.8 Å². The number of carbonyl (C=O) groups excluding carboxylic acids is 2. The maximum absolute atomic E-state index is 12.7. The summed E-state index contributed by atoms with van der Waals surface area (Å²) >= 11 is 0. The molecular formula is C51H89NO8P+. The Labute approximate surface area is 373 Å². The van der Waals surface area contributed by atoms with E-state index in [1.165, 1.54) is 32.1 Å². The van der Waals surface area contributed by atoms with E-state index in [2.05, 4.69) is 98.9 Å². The molecule has 10 heteroatoms. The van der Waals surface area contributed by atoms with Gasteiger partial charge in [-0.15, -0.1) is 0 Å². The fraction of sp³-hybridized carbons (Fsp3) is 0.686. The average molecular weight is 875 g/mol. The minimum absolute atomic E-state index is 0.0205. The summed E-state index contributed by atoms with van der Waals surface area (Å²) < 4.78 is 34.3. The van der Waals surface area contributed by atoms with E-state index in [1.807, 2.05) is 21.1 Å². The first-order valence-electron chi connectivity index (χ1n) is 23.8. The van der Waals surface area contributed by atoms with E-state index in [1.54, 1.807) is 0 Å². The van der Waals surface area contributed by atoms with Crippen LogP contribution in [0.3, 0.4) is 0 Å². The summed E-state index contributed by atoms with van der Waals surface area (Å²) in [5, 5.41) is 0. The first-order chi connectivity index (χ1) is 29.5. The number of hydrogen-bond donors (Lipinski definition) is 1. The van der Waals surface area contributed by atoms with Crippen molar-refractivity contribution in [3.63, 3.8) is 0 Å². The van der Waals surface area contributed by atoms with Gasteiger partial charge in [-0.3, -0.25) is 18.6 Å². The molecule has 0 aliphatic carbocycles. The van der Waals surface area contributed by atoms with E-state index < -0.39 is 32.5 Å². The Morgan fingerprint density at radius 1 is 0.525 bits per heavy atom. The largest absolute Gasteiger partial charge is 0.472 e. The number of nitrogens with zero attached hydrogens (tertiary/aromatic N) is 1. The van der Waals surface area contributed by atoms with Crippen molar-refractivity contribution in [2.24, 2.45) is 0 Å². The van der Waals surface area contributed by atoms with E-state index >= 15 is 0 Å². The molecule has 2 unspecified atom stereocenters. The van der Waals surface area contributed by atoms with E-state index in [0.717, 1.165) is 103 Å². The summed E-state index contributed by atoms with van der Waals surface area (Å²) in [5.41, 5.74) is 0. The fourth-order valence-electron chi connectivity index (χ4n) is 5.95. The lowest BCUT2D eigenvalue weighted by Crippen LogP contribution is -2.37. The normalized spacial score (nSPS) is 14.3. The van der Waals surface area contributed by atoms with Crippen molar-refractivity contribution in [1.82, 2.24) is 0 Å². The van der Waals surface area contributed by atoms with Crippen molar-refractivity contribution < 1.29 is 42.1 Å². The zero-order chi connectivity index (χ0) is 45.0. The fourth-order valence-corrected chi connectivity index (χ4v) is 6.69. The molecule has 0 saturated heterocycles. The number of unbranched alkanes of at least 4 members (excludes halogenated alkanes) is 14. The molecule has 0 aromatic heterocycles. The second kappa shape index (κ2) is 42.5. The van der Waals surface area contributed by atoms with Gasteiger partial charge in [-0.1, -0.05) is 157 Å². The van der Waals surface area contributed by atoms with Crippen LogP contribution in [0.15, 0.2) is 85.1 Å². The Morgan fingerprint density at radius 2 is 0.934 bits per heavy atom. The zero-order valence-corrected chi connectivity index (χ0v) is 40.3. The maximum atomic E-state index is 12.7. The van der Waals surface area contributed by atoms with Gasteiger partial charge in [0, 0.05) is 12.8 Å². The van der Waals surface area contributed by atoms with E-state index in [9.17, 15) is 19.0 Å². The Hall–Kier alpha value is -2.81. The predicted octanol–water partition coefficient (Wildman–Crippen LogP) is 14.0. The van der Waals surface area contributed by atoms with E-state index in [-0.39, 0.29) is 26.1 Å². The van der Waals surface area contributed by atoms with Gasteiger partial charge in [-0.05, 0) is 89.9 Å². The van der Waals surface area contributed by atoms with Crippen molar-refractivity contribution in [2.75, 3.05) is 47.5 Å². The Kier molecular flexibility index (Phi) is 40.5. The number of carbonyl (C=O) groups is 2. The van der Waals surface area contributed by atoms with Crippen LogP contribution in [0.1, 0.15) is 174 Å². The molecule has 0 saturated carbocycles. The van der Waals surface area contributed by atoms with Gasteiger partial charge < -0.3 is 18.9 Å². The van der Waals surface area contributed by atoms with E-state index in [4.69, 9.17) is 18.5 Å². The topological polar surface area (TPSA) is 108 Å². The third-order valence-electron chi connectivity index (χ3n) is 9.66. The Morgan fingerprint density at radius 3 is 1.39 bits per heavy atom. The van der Waals surface area contributed by atoms with Gasteiger partial charge in [0.05, 0.1) is 27.7 Å². The first-order valence-corrected chi connectivity index (χ1v) is 25.3. The SMILES string of the molecule is CC/C=C\C/C=C\C/C=C\C/C=C\C/C=C\CCCCCCCC(=O)OC(COC(=O)CCCCCCC/C=C\C/C=C\CCCCCC)COP(=O)(O)OCC[N+](C)(C)C. The number of allylic oxidation sites excluding steroid dienone is 14. The van der Waals surface area contributed by atoms with E-state index in [0.29, 0.717) is 23.9 Å². The minimum Gasteiger partial charge on any atom is -0.462 e. The highest BCUT2D eigenvalue weighted by atomic mass is 31.2. The quantitative estimate of drug-likeness (QED) is 0.0212. The lowest BCUT2D eigenvalue weighted by atomic mass is 10.1. The third-order valence-corrected chi connectivity index (χ3v) is 10.6. The lowest BCUT2D eigenvalue weighted by molar-refractivity contribution is -0.870. The van der Waals surface area contributed by atoms with Crippen LogP contribution >= 0.6 is 7.82 Å². The van der Waals surface area contributed by atoms with Gasteiger partial charge in [-0.25, -0.2) is 4.57 Å². The van der Waals surface area contributed by atoms with Crippen molar-refractivity contribution in [3.8, 4) is 0 Å². The third kappa shape index (κ3) is 46.5. The number of ether oxygens (including phenoxy) is 2. The minimum atomic E-state index is -4.39. The molecule has 2 atom stereocenters. The molecule has 0 aliphatic rings. The second-order valence-electron chi connectivity index (χ2n) is 16.8. The van der Waals surface area contributed by atoms with Gasteiger partial charge in [0.15, 0.2) is 6.10 Å². The summed E-state index contributed by atoms with van der Waals surface area (Å²) in [6, 6.07) is 0. The summed E-state index contributed by atoms with van der Waals surface area (Å²) in [6.45, 7) is 4.24. The molecule has 0 rings (SSSR count). The highest BCUT2D eigenvalue weighted by Gasteiger charge is 2.27. The standard InChI is InChI=1S/C51H88NO8P/c1-6-8-10-12-14-16-18-20-22-24-25-26-27-28-30-32-34-36-38-40-42-44-51(54)60-49(48-59-61(55,56)58-46-45-52(3,4)5)47-57-50(53)43-41-39-37-35-33-31-29-23-21-19-17-15-13-11-9-7-2/h8,10,14,16-17,19-20,22-23,25-26,28-30,49H,6-7,9,11-13,15,18,21,24,27,31-48H2,1-5H3/p+1/b10-8-,16-14-,19-17-,22-20-,26-25-,29-23-,30-28-. The maximum Gasteiger partial charge on any atom is 0.472 e. The van der Waals surface area contributed by atoms with Crippen LogP contribution in [-0.4, -0.2) is 74.9 Å². The van der Waals surface area contributed by atoms with Crippen LogP contribution in [0.2, 0.25) is 0 Å². The summed E-state index contributed by atoms with van der Waals surface area (Å²) in [4.78, 5) is 35.5. The lowest BCUT2D eigenvalue weighted by Gasteiger charge is -2.24. The second-order valence-corrected chi connectivity index (χ2v) is 18.2. The molecule has 0 aliphatic heterocycles. The monoisotopic (exact) mass is 875 g/mol. The van der Waals surface area contributed by atoms with Crippen molar-refractivity contribution in [3.05, 3.63) is 85.1 Å². The van der Waals surface area contributed by atoms with Crippen LogP contribution in [0.4, 0.5) is 0 Å². The first kappa shape index (κ1) is 58.2. The molecule has 9 nitrogen and oxygen atoms in total. The van der Waals surface area contributed by atoms with Crippen LogP contribution in [0, 0.1) is 0 Å². The number of esters is 2. The number of rotatable bonds is 42. The Balaban J connectivity index is 4.40. The zero-order valence-electron chi connectivity index (χ0n) is 39.4. The highest BCUT2D eigenvalue weighted by Crippen LogP contribution is 2.43. The molecule has 0 spiro atoms. The molecule has 61 heavy (non-hydrogen) atoms. The molecular weight excluding hydrogens is 786 g/mol. The number of quaternary nitrogens is 1. The number of hydrogen-bond acceptors (Lipinski definition) is 7. The van der Waals surface area contributed by atoms with Crippen LogP contribution in [0.25, 0.3) is 0 Å². The summed E-state index contributed by atoms with van der Waals surface area (Å²) in [7, 11) is 1.44. The molecule has 0 amide bonds. The smallest absolute Gasteiger partial charge is 0.462 e. The molecule has 0 fully saturated rings. The molecule has 1 N–H and O–H groups in total. The van der Waals surface area contributed by atoms with Crippen LogP contribution < -0.4 is 0 Å². The average Bonchev–Trinajstić information content (AvgIpc) is 3.21. The summed E-state index contributed by atoms with van der Waals surface area (Å²) in [5.74, 6) is -0.843. The van der Waals surface area contributed by atoms with Gasteiger partial charge in [-0.2, -0.15) is 0 Å². The predicted molar refractivity (Wildman–Crippen MR) is 256 cm³/mol. The van der Waals surface area contributed by atoms with Crippen molar-refractivity contribution in [2.45, 2.75) is 180 Å². The van der Waals surface area contributed by atoms with Crippen LogP contribution in [-0.2, 0) is 32.7 Å². The van der Waals surface area contributed by atoms with Gasteiger partial charge in [0.25, 0.3) is 0 Å². The molecule has 0 heterocycles. The molecule has 0 aromatic carbocycles. The van der Waals surface area contributed by atoms with Crippen molar-refractivity contribution in [1.29, 1.82) is 0 Å². The molecule has 0 bridgehead atoms. The highest BCUT2D eigenvalue weighted by molar-refractivity contribution is 7.47. The van der Waals surface area contributed by atoms with Gasteiger partial charge in [0.2, 0.25) is 0 Å². The van der Waals surface area contributed by atoms with Gasteiger partial charge in [0.1, 0.15) is 19.8 Å². The molecule has 0 aromatic rings. The number of phosphoric acid groups is 1. The Bertz CT molecular complexity index is 1310. The molecule has 0 radical (unpaired) electrons. The van der Waals surface area contributed by atoms with Crippen molar-refractivity contribution >= 4 is 19.8 Å². The number of phosphoric ester groups is 1. The van der Waals surface area contributed by atoms with Crippen LogP contribution in [0.5, 0.6) is 0 Å².